The largest absolute Gasteiger partial charge is 0.342 e. The number of hydrogen-bond acceptors (Lipinski definition) is 2. The highest BCUT2D eigenvalue weighted by atomic mass is 32.1. The molecule has 0 spiro atoms. The SMILES string of the molecule is CC(C)CC(C)N(C)C(=O)C(S)C(C)C. The van der Waals surface area contributed by atoms with E-state index in [1.165, 1.54) is 0 Å². The first-order valence-corrected chi connectivity index (χ1v) is 6.23. The van der Waals surface area contributed by atoms with Crippen molar-refractivity contribution in [3.8, 4) is 0 Å². The molecule has 0 radical (unpaired) electrons. The number of rotatable bonds is 5. The standard InChI is InChI=1S/C12H25NOS/c1-8(2)7-10(5)13(6)12(14)11(15)9(3)4/h8-11,15H,7H2,1-6H3. The molecule has 1 amide bonds. The number of nitrogens with zero attached hydrogens (tertiary/aromatic N) is 1. The predicted molar refractivity (Wildman–Crippen MR) is 69.3 cm³/mol. The number of carbonyl (C=O) groups is 1. The number of amides is 1. The predicted octanol–water partition coefficient (Wildman–Crippen LogP) is 2.83. The Morgan fingerprint density at radius 2 is 1.67 bits per heavy atom. The van der Waals surface area contributed by atoms with Crippen molar-refractivity contribution in [2.75, 3.05) is 7.05 Å². The van der Waals surface area contributed by atoms with E-state index in [0.717, 1.165) is 6.42 Å². The van der Waals surface area contributed by atoms with Crippen molar-refractivity contribution >= 4 is 18.5 Å². The highest BCUT2D eigenvalue weighted by Crippen LogP contribution is 2.16. The summed E-state index contributed by atoms with van der Waals surface area (Å²) >= 11 is 4.35. The quantitative estimate of drug-likeness (QED) is 0.721. The van der Waals surface area contributed by atoms with Crippen LogP contribution < -0.4 is 0 Å². The second kappa shape index (κ2) is 6.41. The lowest BCUT2D eigenvalue weighted by molar-refractivity contribution is -0.132. The van der Waals surface area contributed by atoms with Gasteiger partial charge < -0.3 is 4.90 Å². The maximum atomic E-state index is 12.0. The Balaban J connectivity index is 4.30. The third-order valence-corrected chi connectivity index (χ3v) is 3.52. The lowest BCUT2D eigenvalue weighted by Crippen LogP contribution is -2.42. The van der Waals surface area contributed by atoms with Crippen molar-refractivity contribution in [2.45, 2.75) is 52.3 Å². The minimum Gasteiger partial charge on any atom is -0.342 e. The van der Waals surface area contributed by atoms with Gasteiger partial charge in [-0.25, -0.2) is 0 Å². The van der Waals surface area contributed by atoms with Crippen molar-refractivity contribution in [3.63, 3.8) is 0 Å². The monoisotopic (exact) mass is 231 g/mol. The van der Waals surface area contributed by atoms with Crippen LogP contribution in [0.3, 0.4) is 0 Å². The van der Waals surface area contributed by atoms with Gasteiger partial charge in [0.25, 0.3) is 0 Å². The number of hydrogen-bond donors (Lipinski definition) is 1. The lowest BCUT2D eigenvalue weighted by atomic mass is 10.0. The Kier molecular flexibility index (Phi) is 6.34. The minimum absolute atomic E-state index is 0.140. The van der Waals surface area contributed by atoms with E-state index in [1.807, 2.05) is 25.8 Å². The highest BCUT2D eigenvalue weighted by molar-refractivity contribution is 7.81. The van der Waals surface area contributed by atoms with Gasteiger partial charge in [0.15, 0.2) is 0 Å². The van der Waals surface area contributed by atoms with Crippen molar-refractivity contribution in [2.24, 2.45) is 11.8 Å². The molecule has 15 heavy (non-hydrogen) atoms. The van der Waals surface area contributed by atoms with Crippen LogP contribution in [0.2, 0.25) is 0 Å². The molecule has 90 valence electrons. The molecular formula is C12H25NOS. The normalized spacial score (nSPS) is 15.5. The van der Waals surface area contributed by atoms with Gasteiger partial charge in [-0.2, -0.15) is 12.6 Å². The first-order valence-electron chi connectivity index (χ1n) is 5.72. The summed E-state index contributed by atoms with van der Waals surface area (Å²) in [5.74, 6) is 1.05. The molecule has 0 aromatic carbocycles. The average molecular weight is 231 g/mol. The molecular weight excluding hydrogens is 206 g/mol. The molecule has 2 atom stereocenters. The van der Waals surface area contributed by atoms with Gasteiger partial charge in [-0.3, -0.25) is 4.79 Å². The second-order valence-corrected chi connectivity index (χ2v) is 5.67. The summed E-state index contributed by atoms with van der Waals surface area (Å²) in [6.07, 6.45) is 1.04. The molecule has 0 aromatic heterocycles. The molecule has 0 saturated carbocycles. The fraction of sp³-hybridized carbons (Fsp3) is 0.917. The summed E-state index contributed by atoms with van der Waals surface area (Å²) in [6.45, 7) is 10.5. The van der Waals surface area contributed by atoms with E-state index in [4.69, 9.17) is 0 Å². The van der Waals surface area contributed by atoms with E-state index in [1.54, 1.807) is 0 Å². The van der Waals surface area contributed by atoms with Crippen LogP contribution in [-0.4, -0.2) is 29.1 Å². The maximum Gasteiger partial charge on any atom is 0.235 e. The molecule has 0 saturated heterocycles. The van der Waals surface area contributed by atoms with Gasteiger partial charge in [0.05, 0.1) is 5.25 Å². The van der Waals surface area contributed by atoms with Crippen LogP contribution in [0.25, 0.3) is 0 Å². The zero-order valence-electron chi connectivity index (χ0n) is 10.8. The molecule has 0 bridgehead atoms. The Labute approximate surface area is 99.8 Å². The first-order chi connectivity index (χ1) is 6.77. The van der Waals surface area contributed by atoms with Gasteiger partial charge in [-0.15, -0.1) is 0 Å². The topological polar surface area (TPSA) is 20.3 Å². The smallest absolute Gasteiger partial charge is 0.235 e. The van der Waals surface area contributed by atoms with E-state index in [0.29, 0.717) is 12.0 Å². The Morgan fingerprint density at radius 3 is 2.00 bits per heavy atom. The third kappa shape index (κ3) is 4.92. The van der Waals surface area contributed by atoms with Crippen LogP contribution in [0.4, 0.5) is 0 Å². The molecule has 0 heterocycles. The summed E-state index contributed by atoms with van der Waals surface area (Å²) in [5, 5.41) is -0.176. The van der Waals surface area contributed by atoms with E-state index >= 15 is 0 Å². The summed E-state index contributed by atoms with van der Waals surface area (Å²) in [6, 6.07) is 0.297. The zero-order valence-corrected chi connectivity index (χ0v) is 11.7. The molecule has 2 unspecified atom stereocenters. The molecule has 0 fully saturated rings. The van der Waals surface area contributed by atoms with E-state index in [9.17, 15) is 4.79 Å². The Hall–Kier alpha value is -0.180. The zero-order chi connectivity index (χ0) is 12.2. The summed E-state index contributed by atoms with van der Waals surface area (Å²) < 4.78 is 0. The van der Waals surface area contributed by atoms with Crippen LogP contribution in [0.1, 0.15) is 41.0 Å². The molecule has 3 heteroatoms. The third-order valence-electron chi connectivity index (χ3n) is 2.71. The van der Waals surface area contributed by atoms with Gasteiger partial charge in [0, 0.05) is 13.1 Å². The van der Waals surface area contributed by atoms with E-state index in [2.05, 4.69) is 33.4 Å². The summed E-state index contributed by atoms with van der Waals surface area (Å²) in [4.78, 5) is 13.8. The maximum absolute atomic E-state index is 12.0. The number of carbonyl (C=O) groups excluding carboxylic acids is 1. The van der Waals surface area contributed by atoms with Gasteiger partial charge >= 0.3 is 0 Å². The van der Waals surface area contributed by atoms with Crippen LogP contribution in [-0.2, 0) is 4.79 Å². The summed E-state index contributed by atoms with van der Waals surface area (Å²) in [7, 11) is 1.88. The fourth-order valence-electron chi connectivity index (χ4n) is 1.55. The summed E-state index contributed by atoms with van der Waals surface area (Å²) in [5.41, 5.74) is 0. The van der Waals surface area contributed by atoms with Crippen LogP contribution in [0.15, 0.2) is 0 Å². The van der Waals surface area contributed by atoms with Crippen molar-refractivity contribution in [3.05, 3.63) is 0 Å². The Morgan fingerprint density at radius 1 is 1.20 bits per heavy atom. The molecule has 0 aliphatic heterocycles. The first kappa shape index (κ1) is 14.8. The van der Waals surface area contributed by atoms with Gasteiger partial charge in [-0.05, 0) is 25.2 Å². The van der Waals surface area contributed by atoms with Crippen LogP contribution in [0, 0.1) is 11.8 Å². The molecule has 0 aliphatic carbocycles. The second-order valence-electron chi connectivity index (χ2n) is 5.12. The van der Waals surface area contributed by atoms with Crippen molar-refractivity contribution in [1.29, 1.82) is 0 Å². The van der Waals surface area contributed by atoms with Crippen molar-refractivity contribution < 1.29 is 4.79 Å². The van der Waals surface area contributed by atoms with Gasteiger partial charge in [0.2, 0.25) is 5.91 Å². The highest BCUT2D eigenvalue weighted by Gasteiger charge is 2.24. The van der Waals surface area contributed by atoms with E-state index in [-0.39, 0.29) is 17.1 Å². The average Bonchev–Trinajstić information content (AvgIpc) is 2.13. The number of thiol groups is 1. The fourth-order valence-corrected chi connectivity index (χ4v) is 1.73. The van der Waals surface area contributed by atoms with Crippen LogP contribution >= 0.6 is 12.6 Å². The molecule has 2 nitrogen and oxygen atoms in total. The molecule has 0 aromatic rings. The molecule has 0 N–H and O–H groups in total. The van der Waals surface area contributed by atoms with Gasteiger partial charge in [-0.1, -0.05) is 27.7 Å². The lowest BCUT2D eigenvalue weighted by Gasteiger charge is -2.29. The van der Waals surface area contributed by atoms with Gasteiger partial charge in [0.1, 0.15) is 0 Å². The molecule has 0 rings (SSSR count). The Bertz CT molecular complexity index is 204. The van der Waals surface area contributed by atoms with Crippen LogP contribution in [0.5, 0.6) is 0 Å². The molecule has 0 aliphatic rings. The van der Waals surface area contributed by atoms with E-state index < -0.39 is 0 Å². The minimum atomic E-state index is -0.176. The van der Waals surface area contributed by atoms with Crippen molar-refractivity contribution in [1.82, 2.24) is 4.90 Å².